The van der Waals surface area contributed by atoms with Gasteiger partial charge in [0.05, 0.1) is 6.04 Å². The Bertz CT molecular complexity index is 259. The number of nitrogens with one attached hydrogen (secondary N) is 1. The maximum Gasteiger partial charge on any atom is 0.156 e. The molecular formula is C11H19NO. The lowest BCUT2D eigenvalue weighted by Crippen LogP contribution is -2.41. The Balaban J connectivity index is 2.44. The van der Waals surface area contributed by atoms with Crippen LogP contribution in [0.5, 0.6) is 0 Å². The zero-order chi connectivity index (χ0) is 9.85. The Morgan fingerprint density at radius 2 is 2.00 bits per heavy atom. The highest BCUT2D eigenvalue weighted by Gasteiger charge is 2.65. The SMILES string of the molecule is CN[C@@H]1C(=O)[C@@]2(C)CC[C@@H]1C2(C)C. The lowest BCUT2D eigenvalue weighted by atomic mass is 9.70. The number of carbonyl (C=O) groups excluding carboxylic acids is 1. The van der Waals surface area contributed by atoms with Crippen molar-refractivity contribution in [3.8, 4) is 0 Å². The summed E-state index contributed by atoms with van der Waals surface area (Å²) in [6.45, 7) is 6.65. The molecule has 2 heteroatoms. The first-order valence-electron chi connectivity index (χ1n) is 5.17. The fourth-order valence-corrected chi connectivity index (χ4v) is 3.42. The molecule has 1 N–H and O–H groups in total. The molecule has 0 spiro atoms. The van der Waals surface area contributed by atoms with E-state index in [1.807, 2.05) is 7.05 Å². The Labute approximate surface area is 80.1 Å². The fraction of sp³-hybridized carbons (Fsp3) is 0.909. The molecule has 0 aromatic heterocycles. The molecule has 0 amide bonds. The van der Waals surface area contributed by atoms with E-state index in [2.05, 4.69) is 26.1 Å². The van der Waals surface area contributed by atoms with Crippen LogP contribution >= 0.6 is 0 Å². The summed E-state index contributed by atoms with van der Waals surface area (Å²) >= 11 is 0. The summed E-state index contributed by atoms with van der Waals surface area (Å²) in [4.78, 5) is 12.1. The number of hydrogen-bond acceptors (Lipinski definition) is 2. The van der Waals surface area contributed by atoms with Gasteiger partial charge in [-0.15, -0.1) is 0 Å². The van der Waals surface area contributed by atoms with Crippen LogP contribution in [0.3, 0.4) is 0 Å². The predicted octanol–water partition coefficient (Wildman–Crippen LogP) is 1.60. The average molecular weight is 181 g/mol. The average Bonchev–Trinajstić information content (AvgIpc) is 2.36. The van der Waals surface area contributed by atoms with Gasteiger partial charge in [-0.05, 0) is 31.2 Å². The number of ketones is 1. The fourth-order valence-electron chi connectivity index (χ4n) is 3.42. The Kier molecular flexibility index (Phi) is 1.66. The van der Waals surface area contributed by atoms with Crippen molar-refractivity contribution in [3.63, 3.8) is 0 Å². The molecule has 2 rings (SSSR count). The lowest BCUT2D eigenvalue weighted by Gasteiger charge is -2.32. The van der Waals surface area contributed by atoms with E-state index in [-0.39, 0.29) is 16.9 Å². The predicted molar refractivity (Wildman–Crippen MR) is 52.5 cm³/mol. The molecule has 2 bridgehead atoms. The van der Waals surface area contributed by atoms with E-state index < -0.39 is 0 Å². The van der Waals surface area contributed by atoms with Crippen LogP contribution in [0.25, 0.3) is 0 Å². The minimum Gasteiger partial charge on any atom is -0.310 e. The van der Waals surface area contributed by atoms with Crippen LogP contribution in [0.15, 0.2) is 0 Å². The summed E-state index contributed by atoms with van der Waals surface area (Å²) in [5.41, 5.74) is 0.128. The van der Waals surface area contributed by atoms with E-state index in [0.717, 1.165) is 6.42 Å². The topological polar surface area (TPSA) is 29.1 Å². The van der Waals surface area contributed by atoms with Crippen LogP contribution in [0.2, 0.25) is 0 Å². The summed E-state index contributed by atoms with van der Waals surface area (Å²) < 4.78 is 0. The molecule has 0 unspecified atom stereocenters. The third kappa shape index (κ3) is 0.804. The van der Waals surface area contributed by atoms with Crippen molar-refractivity contribution in [1.82, 2.24) is 5.32 Å². The lowest BCUT2D eigenvalue weighted by molar-refractivity contribution is -0.129. The molecule has 2 aliphatic carbocycles. The first-order chi connectivity index (χ1) is 5.95. The van der Waals surface area contributed by atoms with Gasteiger partial charge < -0.3 is 5.32 Å². The normalized spacial score (nSPS) is 47.2. The van der Waals surface area contributed by atoms with Crippen molar-refractivity contribution in [2.24, 2.45) is 16.7 Å². The van der Waals surface area contributed by atoms with Gasteiger partial charge in [-0.3, -0.25) is 4.79 Å². The van der Waals surface area contributed by atoms with Crippen LogP contribution in [-0.2, 0) is 4.79 Å². The summed E-state index contributed by atoms with van der Waals surface area (Å²) in [6.07, 6.45) is 2.29. The van der Waals surface area contributed by atoms with Crippen LogP contribution < -0.4 is 5.32 Å². The van der Waals surface area contributed by atoms with Crippen LogP contribution in [0.1, 0.15) is 33.6 Å². The number of carbonyl (C=O) groups is 1. The van der Waals surface area contributed by atoms with E-state index in [4.69, 9.17) is 0 Å². The molecule has 0 aromatic rings. The van der Waals surface area contributed by atoms with Gasteiger partial charge in [-0.25, -0.2) is 0 Å². The van der Waals surface area contributed by atoms with Gasteiger partial charge in [0.1, 0.15) is 0 Å². The number of fused-ring (bicyclic) bond motifs is 2. The molecule has 2 nitrogen and oxygen atoms in total. The summed E-state index contributed by atoms with van der Waals surface area (Å²) in [5.74, 6) is 0.992. The summed E-state index contributed by atoms with van der Waals surface area (Å²) in [7, 11) is 1.91. The monoisotopic (exact) mass is 181 g/mol. The highest BCUT2D eigenvalue weighted by molar-refractivity contribution is 5.94. The van der Waals surface area contributed by atoms with Gasteiger partial charge in [0.25, 0.3) is 0 Å². The van der Waals surface area contributed by atoms with Crippen LogP contribution in [0, 0.1) is 16.7 Å². The molecule has 13 heavy (non-hydrogen) atoms. The minimum absolute atomic E-state index is 0.0641. The molecule has 2 aliphatic rings. The van der Waals surface area contributed by atoms with Crippen molar-refractivity contribution in [2.45, 2.75) is 39.7 Å². The van der Waals surface area contributed by atoms with E-state index in [9.17, 15) is 4.79 Å². The number of Topliss-reactive ketones (excluding diaryl/α,β-unsaturated/α-hetero) is 1. The third-order valence-electron chi connectivity index (χ3n) is 4.84. The van der Waals surface area contributed by atoms with E-state index in [1.165, 1.54) is 6.42 Å². The van der Waals surface area contributed by atoms with Crippen LogP contribution in [0.4, 0.5) is 0 Å². The van der Waals surface area contributed by atoms with Gasteiger partial charge in [0, 0.05) is 5.41 Å². The van der Waals surface area contributed by atoms with Gasteiger partial charge in [0.15, 0.2) is 5.78 Å². The molecule has 0 saturated heterocycles. The van der Waals surface area contributed by atoms with Gasteiger partial charge in [0.2, 0.25) is 0 Å². The van der Waals surface area contributed by atoms with E-state index in [0.29, 0.717) is 11.7 Å². The Morgan fingerprint density at radius 1 is 1.38 bits per heavy atom. The van der Waals surface area contributed by atoms with Gasteiger partial charge >= 0.3 is 0 Å². The first kappa shape index (κ1) is 9.20. The van der Waals surface area contributed by atoms with Crippen molar-refractivity contribution in [1.29, 1.82) is 0 Å². The zero-order valence-corrected chi connectivity index (χ0v) is 8.98. The first-order valence-corrected chi connectivity index (χ1v) is 5.17. The number of likely N-dealkylation sites (N-methyl/N-ethyl adjacent to an activating group) is 1. The molecule has 2 fully saturated rings. The third-order valence-corrected chi connectivity index (χ3v) is 4.84. The van der Waals surface area contributed by atoms with Crippen LogP contribution in [-0.4, -0.2) is 18.9 Å². The molecule has 74 valence electrons. The maximum atomic E-state index is 12.1. The van der Waals surface area contributed by atoms with Gasteiger partial charge in [-0.2, -0.15) is 0 Å². The Morgan fingerprint density at radius 3 is 2.31 bits per heavy atom. The molecule has 0 radical (unpaired) electrons. The second-order valence-electron chi connectivity index (χ2n) is 5.33. The van der Waals surface area contributed by atoms with E-state index >= 15 is 0 Å². The van der Waals surface area contributed by atoms with Gasteiger partial charge in [-0.1, -0.05) is 20.8 Å². The molecule has 0 aliphatic heterocycles. The minimum atomic E-state index is -0.0641. The van der Waals surface area contributed by atoms with Crippen molar-refractivity contribution < 1.29 is 4.79 Å². The van der Waals surface area contributed by atoms with Crippen molar-refractivity contribution in [3.05, 3.63) is 0 Å². The second-order valence-corrected chi connectivity index (χ2v) is 5.33. The summed E-state index contributed by atoms with van der Waals surface area (Å²) in [6, 6.07) is 0.119. The summed E-state index contributed by atoms with van der Waals surface area (Å²) in [5, 5.41) is 3.18. The molecule has 0 heterocycles. The number of hydrogen-bond donors (Lipinski definition) is 1. The smallest absolute Gasteiger partial charge is 0.156 e. The molecule has 3 atom stereocenters. The van der Waals surface area contributed by atoms with Crippen molar-refractivity contribution >= 4 is 5.78 Å². The quantitative estimate of drug-likeness (QED) is 0.665. The maximum absolute atomic E-state index is 12.1. The molecule has 2 saturated carbocycles. The highest BCUT2D eigenvalue weighted by atomic mass is 16.1. The Hall–Kier alpha value is -0.370. The second kappa shape index (κ2) is 2.35. The standard InChI is InChI=1S/C11H19NO/c1-10(2)7-5-6-11(10,3)9(13)8(7)12-4/h7-8,12H,5-6H2,1-4H3/t7-,8-,11+/m0/s1. The largest absolute Gasteiger partial charge is 0.310 e. The zero-order valence-electron chi connectivity index (χ0n) is 8.98. The van der Waals surface area contributed by atoms with Crippen molar-refractivity contribution in [2.75, 3.05) is 7.05 Å². The molecular weight excluding hydrogens is 162 g/mol. The van der Waals surface area contributed by atoms with E-state index in [1.54, 1.807) is 0 Å². The highest BCUT2D eigenvalue weighted by Crippen LogP contribution is 2.63. The molecule has 0 aromatic carbocycles. The number of rotatable bonds is 1.